The summed E-state index contributed by atoms with van der Waals surface area (Å²) in [5.41, 5.74) is 0.817. The highest BCUT2D eigenvalue weighted by Crippen LogP contribution is 2.39. The fourth-order valence-electron chi connectivity index (χ4n) is 3.03. The van der Waals surface area contributed by atoms with Crippen LogP contribution in [0.15, 0.2) is 59.5 Å². The zero-order valence-corrected chi connectivity index (χ0v) is 13.9. The second-order valence-corrected chi connectivity index (χ2v) is 7.54. The lowest BCUT2D eigenvalue weighted by atomic mass is 10.1. The summed E-state index contributed by atoms with van der Waals surface area (Å²) >= 11 is 0. The predicted octanol–water partition coefficient (Wildman–Crippen LogP) is 4.11. The number of hydrogen-bond donors (Lipinski definition) is 0. The Morgan fingerprint density at radius 3 is 2.32 bits per heavy atom. The largest absolute Gasteiger partial charge is 0.573 e. The summed E-state index contributed by atoms with van der Waals surface area (Å²) in [6.07, 6.45) is -3.71. The Kier molecular flexibility index (Phi) is 4.75. The zero-order chi connectivity index (χ0) is 18.1. The first-order chi connectivity index (χ1) is 11.8. The molecule has 134 valence electrons. The van der Waals surface area contributed by atoms with Gasteiger partial charge in [0, 0.05) is 6.54 Å². The summed E-state index contributed by atoms with van der Waals surface area (Å²) < 4.78 is 69.0. The van der Waals surface area contributed by atoms with Crippen molar-refractivity contribution in [2.45, 2.75) is 30.1 Å². The Balaban J connectivity index is 1.99. The van der Waals surface area contributed by atoms with Gasteiger partial charge in [-0.15, -0.1) is 13.2 Å². The first kappa shape index (κ1) is 17.8. The van der Waals surface area contributed by atoms with Crippen LogP contribution in [0.4, 0.5) is 13.2 Å². The van der Waals surface area contributed by atoms with Crippen LogP contribution in [0.3, 0.4) is 0 Å². The summed E-state index contributed by atoms with van der Waals surface area (Å²) in [7, 11) is -4.13. The van der Waals surface area contributed by atoms with E-state index in [0.29, 0.717) is 12.8 Å². The van der Waals surface area contributed by atoms with Crippen molar-refractivity contribution in [1.29, 1.82) is 0 Å². The van der Waals surface area contributed by atoms with Gasteiger partial charge in [-0.2, -0.15) is 4.31 Å². The van der Waals surface area contributed by atoms with Crippen molar-refractivity contribution < 1.29 is 26.3 Å². The molecule has 2 aromatic carbocycles. The lowest BCUT2D eigenvalue weighted by molar-refractivity contribution is -0.275. The first-order valence-corrected chi connectivity index (χ1v) is 9.14. The zero-order valence-electron chi connectivity index (χ0n) is 13.1. The van der Waals surface area contributed by atoms with E-state index in [1.165, 1.54) is 16.4 Å². The maximum absolute atomic E-state index is 13.0. The van der Waals surface area contributed by atoms with Gasteiger partial charge < -0.3 is 4.74 Å². The van der Waals surface area contributed by atoms with E-state index in [1.807, 2.05) is 18.2 Å². The van der Waals surface area contributed by atoms with Gasteiger partial charge in [-0.25, -0.2) is 8.42 Å². The van der Waals surface area contributed by atoms with Crippen LogP contribution in [0.5, 0.6) is 5.75 Å². The third kappa shape index (κ3) is 3.80. The van der Waals surface area contributed by atoms with Crippen LogP contribution in [0.2, 0.25) is 0 Å². The molecule has 0 N–H and O–H groups in total. The molecule has 0 saturated carbocycles. The van der Waals surface area contributed by atoms with Crippen LogP contribution in [-0.2, 0) is 10.0 Å². The summed E-state index contributed by atoms with van der Waals surface area (Å²) in [6, 6.07) is 13.5. The highest BCUT2D eigenvalue weighted by molar-refractivity contribution is 7.89. The molecule has 4 nitrogen and oxygen atoms in total. The SMILES string of the molecule is O=S(=O)(c1ccccc1OC(F)(F)F)N1CCCC1c1ccccc1. The molecule has 1 aliphatic heterocycles. The highest BCUT2D eigenvalue weighted by atomic mass is 32.2. The molecule has 1 fully saturated rings. The third-order valence-electron chi connectivity index (χ3n) is 4.05. The fourth-order valence-corrected chi connectivity index (χ4v) is 4.83. The highest BCUT2D eigenvalue weighted by Gasteiger charge is 2.39. The number of alkyl halides is 3. The van der Waals surface area contributed by atoms with E-state index in [4.69, 9.17) is 0 Å². The van der Waals surface area contributed by atoms with Crippen LogP contribution in [-0.4, -0.2) is 25.6 Å². The molecular weight excluding hydrogens is 355 g/mol. The number of rotatable bonds is 4. The minimum atomic E-state index is -4.96. The fraction of sp³-hybridized carbons (Fsp3) is 0.294. The van der Waals surface area contributed by atoms with Crippen molar-refractivity contribution >= 4 is 10.0 Å². The van der Waals surface area contributed by atoms with Crippen LogP contribution < -0.4 is 4.74 Å². The topological polar surface area (TPSA) is 46.6 Å². The molecule has 2 aromatic rings. The van der Waals surface area contributed by atoms with Gasteiger partial charge in [0.2, 0.25) is 10.0 Å². The molecule has 0 amide bonds. The van der Waals surface area contributed by atoms with Crippen molar-refractivity contribution in [2.24, 2.45) is 0 Å². The van der Waals surface area contributed by atoms with E-state index in [9.17, 15) is 21.6 Å². The van der Waals surface area contributed by atoms with Gasteiger partial charge in [0.15, 0.2) is 0 Å². The minimum Gasteiger partial charge on any atom is -0.404 e. The quantitative estimate of drug-likeness (QED) is 0.813. The van der Waals surface area contributed by atoms with Gasteiger partial charge in [0.1, 0.15) is 10.6 Å². The predicted molar refractivity (Wildman–Crippen MR) is 85.4 cm³/mol. The molecule has 0 aromatic heterocycles. The van der Waals surface area contributed by atoms with Crippen LogP contribution >= 0.6 is 0 Å². The second-order valence-electron chi connectivity index (χ2n) is 5.68. The monoisotopic (exact) mass is 371 g/mol. The molecule has 1 saturated heterocycles. The van der Waals surface area contributed by atoms with Gasteiger partial charge in [0.25, 0.3) is 0 Å². The van der Waals surface area contributed by atoms with E-state index < -0.39 is 33.1 Å². The van der Waals surface area contributed by atoms with E-state index in [-0.39, 0.29) is 6.54 Å². The average Bonchev–Trinajstić information content (AvgIpc) is 3.05. The molecule has 1 atom stereocenters. The van der Waals surface area contributed by atoms with Crippen LogP contribution in [0.1, 0.15) is 24.4 Å². The summed E-state index contributed by atoms with van der Waals surface area (Å²) in [5.74, 6) is -0.714. The Morgan fingerprint density at radius 2 is 1.64 bits per heavy atom. The number of ether oxygens (including phenoxy) is 1. The second kappa shape index (κ2) is 6.68. The van der Waals surface area contributed by atoms with Crippen molar-refractivity contribution in [1.82, 2.24) is 4.31 Å². The molecule has 25 heavy (non-hydrogen) atoms. The Bertz CT molecular complexity index is 838. The number of hydrogen-bond acceptors (Lipinski definition) is 3. The number of benzene rings is 2. The summed E-state index contributed by atoms with van der Waals surface area (Å²) in [4.78, 5) is -0.477. The number of nitrogens with zero attached hydrogens (tertiary/aromatic N) is 1. The molecule has 0 spiro atoms. The van der Waals surface area contributed by atoms with Crippen LogP contribution in [0, 0.1) is 0 Å². The number of halogens is 3. The van der Waals surface area contributed by atoms with E-state index in [2.05, 4.69) is 4.74 Å². The molecule has 3 rings (SSSR count). The number of para-hydroxylation sites is 1. The summed E-state index contributed by atoms with van der Waals surface area (Å²) in [6.45, 7) is 0.252. The van der Waals surface area contributed by atoms with Crippen molar-refractivity contribution in [3.05, 3.63) is 60.2 Å². The molecule has 8 heteroatoms. The molecule has 1 aliphatic rings. The minimum absolute atomic E-state index is 0.252. The average molecular weight is 371 g/mol. The van der Waals surface area contributed by atoms with Gasteiger partial charge in [-0.05, 0) is 30.5 Å². The van der Waals surface area contributed by atoms with E-state index in [0.717, 1.165) is 17.7 Å². The molecule has 1 unspecified atom stereocenters. The molecule has 0 radical (unpaired) electrons. The number of sulfonamides is 1. The lowest BCUT2D eigenvalue weighted by Gasteiger charge is -2.25. The smallest absolute Gasteiger partial charge is 0.404 e. The van der Waals surface area contributed by atoms with Gasteiger partial charge >= 0.3 is 6.36 Å². The van der Waals surface area contributed by atoms with Crippen LogP contribution in [0.25, 0.3) is 0 Å². The third-order valence-corrected chi connectivity index (χ3v) is 6.00. The van der Waals surface area contributed by atoms with Crippen molar-refractivity contribution in [3.8, 4) is 5.75 Å². The van der Waals surface area contributed by atoms with Gasteiger partial charge in [-0.1, -0.05) is 42.5 Å². The lowest BCUT2D eigenvalue weighted by Crippen LogP contribution is -2.31. The normalized spacial score (nSPS) is 19.1. The Hall–Kier alpha value is -2.06. The standard InChI is InChI=1S/C17H16F3NO3S/c18-17(19,20)24-15-10-4-5-11-16(15)25(22,23)21-12-6-9-14(21)13-7-2-1-3-8-13/h1-5,7-8,10-11,14H,6,9,12H2. The Labute approximate surface area is 143 Å². The van der Waals surface area contributed by atoms with E-state index >= 15 is 0 Å². The first-order valence-electron chi connectivity index (χ1n) is 7.70. The maximum Gasteiger partial charge on any atom is 0.573 e. The maximum atomic E-state index is 13.0. The van der Waals surface area contributed by atoms with Crippen molar-refractivity contribution in [3.63, 3.8) is 0 Å². The van der Waals surface area contributed by atoms with Gasteiger partial charge in [0.05, 0.1) is 6.04 Å². The van der Waals surface area contributed by atoms with Crippen molar-refractivity contribution in [2.75, 3.05) is 6.54 Å². The van der Waals surface area contributed by atoms with E-state index in [1.54, 1.807) is 12.1 Å². The van der Waals surface area contributed by atoms with Gasteiger partial charge in [-0.3, -0.25) is 0 Å². The summed E-state index contributed by atoms with van der Waals surface area (Å²) in [5, 5.41) is 0. The Morgan fingerprint density at radius 1 is 1.00 bits per heavy atom. The molecule has 0 aliphatic carbocycles. The molecular formula is C17H16F3NO3S. The molecule has 0 bridgehead atoms. The molecule has 1 heterocycles.